The minimum absolute atomic E-state index is 0.237. The van der Waals surface area contributed by atoms with E-state index < -0.39 is 0 Å². The zero-order valence-electron chi connectivity index (χ0n) is 14.5. The van der Waals surface area contributed by atoms with Crippen molar-refractivity contribution in [2.75, 3.05) is 26.2 Å². The molecule has 0 spiro atoms. The molecule has 1 N–H and O–H groups in total. The molecule has 1 aliphatic rings. The second-order valence-corrected chi connectivity index (χ2v) is 6.56. The number of halogens is 1. The third-order valence-corrected chi connectivity index (χ3v) is 4.90. The molecular formula is C20H23FN4. The molecule has 0 radical (unpaired) electrons. The number of pyridine rings is 1. The summed E-state index contributed by atoms with van der Waals surface area (Å²) >= 11 is 0. The molecule has 1 fully saturated rings. The summed E-state index contributed by atoms with van der Waals surface area (Å²) in [6.45, 7) is 6.90. The van der Waals surface area contributed by atoms with Crippen LogP contribution < -0.4 is 5.32 Å². The molecule has 3 aromatic rings. The predicted molar refractivity (Wildman–Crippen MR) is 98.1 cm³/mol. The lowest BCUT2D eigenvalue weighted by Crippen LogP contribution is -2.43. The second-order valence-electron chi connectivity index (χ2n) is 6.56. The molecule has 130 valence electrons. The molecule has 0 saturated carbocycles. The van der Waals surface area contributed by atoms with Crippen LogP contribution in [0, 0.1) is 5.82 Å². The highest BCUT2D eigenvalue weighted by atomic mass is 19.1. The van der Waals surface area contributed by atoms with E-state index >= 15 is 0 Å². The lowest BCUT2D eigenvalue weighted by atomic mass is 10.1. The lowest BCUT2D eigenvalue weighted by molar-refractivity contribution is 0.230. The minimum atomic E-state index is -0.237. The average molecular weight is 338 g/mol. The average Bonchev–Trinajstić information content (AvgIpc) is 3.00. The number of hydrogen-bond acceptors (Lipinski definition) is 3. The predicted octanol–water partition coefficient (Wildman–Crippen LogP) is 3.11. The molecule has 1 aromatic carbocycles. The Bertz CT molecular complexity index is 863. The summed E-state index contributed by atoms with van der Waals surface area (Å²) < 4.78 is 15.7. The van der Waals surface area contributed by atoms with Crippen molar-refractivity contribution in [1.82, 2.24) is 19.6 Å². The van der Waals surface area contributed by atoms with Crippen LogP contribution in [0.1, 0.15) is 18.2 Å². The summed E-state index contributed by atoms with van der Waals surface area (Å²) in [6.07, 6.45) is 2.56. The van der Waals surface area contributed by atoms with E-state index in [1.807, 2.05) is 4.40 Å². The quantitative estimate of drug-likeness (QED) is 0.793. The van der Waals surface area contributed by atoms with E-state index in [9.17, 15) is 4.39 Å². The number of imidazole rings is 1. The van der Waals surface area contributed by atoms with Crippen LogP contribution in [-0.2, 0) is 13.0 Å². The molecule has 1 aliphatic heterocycles. The molecule has 2 aromatic heterocycles. The normalized spacial score (nSPS) is 15.8. The highest BCUT2D eigenvalue weighted by Gasteiger charge is 2.18. The first-order valence-electron chi connectivity index (χ1n) is 8.93. The van der Waals surface area contributed by atoms with E-state index in [1.54, 1.807) is 12.3 Å². The van der Waals surface area contributed by atoms with Gasteiger partial charge in [0.2, 0.25) is 0 Å². The van der Waals surface area contributed by atoms with Crippen LogP contribution in [0.25, 0.3) is 16.9 Å². The Morgan fingerprint density at radius 2 is 1.84 bits per heavy atom. The molecular weight excluding hydrogens is 315 g/mol. The van der Waals surface area contributed by atoms with Gasteiger partial charge in [-0.05, 0) is 24.1 Å². The number of aromatic nitrogens is 2. The first-order valence-corrected chi connectivity index (χ1v) is 8.93. The van der Waals surface area contributed by atoms with Crippen molar-refractivity contribution in [3.05, 3.63) is 59.7 Å². The smallest absolute Gasteiger partial charge is 0.139 e. The molecule has 25 heavy (non-hydrogen) atoms. The first-order chi connectivity index (χ1) is 12.2. The van der Waals surface area contributed by atoms with Crippen LogP contribution in [0.3, 0.4) is 0 Å². The first kappa shape index (κ1) is 16.2. The van der Waals surface area contributed by atoms with Crippen LogP contribution in [0.15, 0.2) is 42.6 Å². The van der Waals surface area contributed by atoms with E-state index in [-0.39, 0.29) is 5.82 Å². The summed E-state index contributed by atoms with van der Waals surface area (Å²) in [7, 11) is 0. The van der Waals surface area contributed by atoms with E-state index in [2.05, 4.69) is 41.4 Å². The Kier molecular flexibility index (Phi) is 4.51. The molecule has 0 unspecified atom stereocenters. The van der Waals surface area contributed by atoms with Crippen molar-refractivity contribution < 1.29 is 4.39 Å². The number of piperazine rings is 1. The van der Waals surface area contributed by atoms with Gasteiger partial charge in [-0.15, -0.1) is 0 Å². The van der Waals surface area contributed by atoms with Crippen LogP contribution >= 0.6 is 0 Å². The third-order valence-electron chi connectivity index (χ3n) is 4.90. The van der Waals surface area contributed by atoms with Gasteiger partial charge in [0.05, 0.1) is 11.4 Å². The number of hydrogen-bond donors (Lipinski definition) is 1. The molecule has 4 rings (SSSR count). The SMILES string of the molecule is CCc1ccc(-c2nc3ccc(F)cn3c2CN2CCNCC2)cc1. The number of nitrogens with one attached hydrogen (secondary N) is 1. The zero-order chi connectivity index (χ0) is 17.2. The van der Waals surface area contributed by atoms with E-state index in [4.69, 9.17) is 4.98 Å². The van der Waals surface area contributed by atoms with Gasteiger partial charge in [0.1, 0.15) is 11.5 Å². The van der Waals surface area contributed by atoms with Crippen LogP contribution in [-0.4, -0.2) is 40.5 Å². The molecule has 5 heteroatoms. The molecule has 0 amide bonds. The van der Waals surface area contributed by atoms with Gasteiger partial charge < -0.3 is 5.32 Å². The Hall–Kier alpha value is -2.24. The van der Waals surface area contributed by atoms with Crippen molar-refractivity contribution >= 4 is 5.65 Å². The van der Waals surface area contributed by atoms with Gasteiger partial charge in [0, 0.05) is 44.5 Å². The molecule has 0 bridgehead atoms. The van der Waals surface area contributed by atoms with Gasteiger partial charge in [-0.3, -0.25) is 9.30 Å². The van der Waals surface area contributed by atoms with E-state index in [0.717, 1.165) is 61.7 Å². The van der Waals surface area contributed by atoms with Gasteiger partial charge in [-0.1, -0.05) is 31.2 Å². The van der Waals surface area contributed by atoms with Gasteiger partial charge in [-0.2, -0.15) is 0 Å². The summed E-state index contributed by atoms with van der Waals surface area (Å²) in [5.74, 6) is -0.237. The maximum Gasteiger partial charge on any atom is 0.139 e. The topological polar surface area (TPSA) is 32.6 Å². The van der Waals surface area contributed by atoms with Gasteiger partial charge >= 0.3 is 0 Å². The van der Waals surface area contributed by atoms with Crippen LogP contribution in [0.4, 0.5) is 4.39 Å². The summed E-state index contributed by atoms with van der Waals surface area (Å²) in [4.78, 5) is 7.20. The summed E-state index contributed by atoms with van der Waals surface area (Å²) in [5, 5.41) is 3.38. The van der Waals surface area contributed by atoms with Crippen molar-refractivity contribution in [2.45, 2.75) is 19.9 Å². The largest absolute Gasteiger partial charge is 0.314 e. The van der Waals surface area contributed by atoms with Crippen molar-refractivity contribution in [3.8, 4) is 11.3 Å². The maximum absolute atomic E-state index is 13.8. The van der Waals surface area contributed by atoms with Crippen molar-refractivity contribution in [3.63, 3.8) is 0 Å². The minimum Gasteiger partial charge on any atom is -0.314 e. The van der Waals surface area contributed by atoms with Crippen LogP contribution in [0.2, 0.25) is 0 Å². The van der Waals surface area contributed by atoms with Crippen molar-refractivity contribution in [2.24, 2.45) is 0 Å². The van der Waals surface area contributed by atoms with Gasteiger partial charge in [0.15, 0.2) is 0 Å². The molecule has 0 aliphatic carbocycles. The number of rotatable bonds is 4. The second kappa shape index (κ2) is 6.94. The number of nitrogens with zero attached hydrogens (tertiary/aromatic N) is 3. The summed E-state index contributed by atoms with van der Waals surface area (Å²) in [5.41, 5.74) is 5.20. The number of aryl methyl sites for hydroxylation is 1. The molecule has 4 nitrogen and oxygen atoms in total. The molecule has 3 heterocycles. The Labute approximate surface area is 147 Å². The number of fused-ring (bicyclic) bond motifs is 1. The lowest BCUT2D eigenvalue weighted by Gasteiger charge is -2.27. The Morgan fingerprint density at radius 3 is 2.56 bits per heavy atom. The third kappa shape index (κ3) is 3.30. The standard InChI is InChI=1S/C20H23FN4/c1-2-15-3-5-16(6-4-15)20-18(14-24-11-9-22-10-12-24)25-13-17(21)7-8-19(25)23-20/h3-8,13,22H,2,9-12,14H2,1H3. The fraction of sp³-hybridized carbons (Fsp3) is 0.350. The Morgan fingerprint density at radius 1 is 1.08 bits per heavy atom. The van der Waals surface area contributed by atoms with Gasteiger partial charge in [0.25, 0.3) is 0 Å². The molecule has 0 atom stereocenters. The highest BCUT2D eigenvalue weighted by Crippen LogP contribution is 2.26. The van der Waals surface area contributed by atoms with Crippen LogP contribution in [0.5, 0.6) is 0 Å². The highest BCUT2D eigenvalue weighted by molar-refractivity contribution is 5.67. The fourth-order valence-corrected chi connectivity index (χ4v) is 3.43. The Balaban J connectivity index is 1.79. The van der Waals surface area contributed by atoms with Gasteiger partial charge in [-0.25, -0.2) is 9.37 Å². The monoisotopic (exact) mass is 338 g/mol. The molecule has 1 saturated heterocycles. The summed E-state index contributed by atoms with van der Waals surface area (Å²) in [6, 6.07) is 11.8. The van der Waals surface area contributed by atoms with E-state index in [1.165, 1.54) is 11.6 Å². The maximum atomic E-state index is 13.8. The van der Waals surface area contributed by atoms with E-state index in [0.29, 0.717) is 0 Å². The van der Waals surface area contributed by atoms with Crippen molar-refractivity contribution in [1.29, 1.82) is 0 Å². The fourth-order valence-electron chi connectivity index (χ4n) is 3.43. The number of benzene rings is 1. The zero-order valence-corrected chi connectivity index (χ0v) is 14.5.